The van der Waals surface area contributed by atoms with E-state index in [9.17, 15) is 9.18 Å². The number of carbonyl (C=O) groups is 1. The molecule has 106 valence electrons. The van der Waals surface area contributed by atoms with E-state index in [-0.39, 0.29) is 17.5 Å². The second-order valence-electron chi connectivity index (χ2n) is 4.83. The minimum absolute atomic E-state index is 0.223. The number of fused-ring (bicyclic) bond motifs is 1. The SMILES string of the molecule is CN(C)C(=O)c1nc(-c2cccc(F)c2)c2cnccn12. The second-order valence-corrected chi connectivity index (χ2v) is 4.83. The Balaban J connectivity index is 2.27. The molecule has 1 aromatic carbocycles. The molecule has 0 saturated heterocycles. The van der Waals surface area contributed by atoms with Gasteiger partial charge in [-0.2, -0.15) is 0 Å². The Hall–Kier alpha value is -2.76. The molecule has 3 aromatic rings. The molecule has 0 bridgehead atoms. The minimum Gasteiger partial charge on any atom is -0.342 e. The van der Waals surface area contributed by atoms with Crippen LogP contribution in [0.1, 0.15) is 10.6 Å². The van der Waals surface area contributed by atoms with Gasteiger partial charge < -0.3 is 4.90 Å². The molecule has 0 N–H and O–H groups in total. The largest absolute Gasteiger partial charge is 0.342 e. The minimum atomic E-state index is -0.349. The first-order chi connectivity index (χ1) is 10.1. The van der Waals surface area contributed by atoms with Crippen LogP contribution in [-0.2, 0) is 0 Å². The summed E-state index contributed by atoms with van der Waals surface area (Å²) in [4.78, 5) is 22.1. The van der Waals surface area contributed by atoms with Gasteiger partial charge in [-0.1, -0.05) is 12.1 Å². The van der Waals surface area contributed by atoms with Crippen molar-refractivity contribution in [3.8, 4) is 11.3 Å². The summed E-state index contributed by atoms with van der Waals surface area (Å²) in [5, 5.41) is 0. The lowest BCUT2D eigenvalue weighted by Gasteiger charge is -2.08. The molecular weight excluding hydrogens is 271 g/mol. The van der Waals surface area contributed by atoms with Gasteiger partial charge in [-0.05, 0) is 12.1 Å². The number of nitrogens with zero attached hydrogens (tertiary/aromatic N) is 4. The average molecular weight is 284 g/mol. The highest BCUT2D eigenvalue weighted by atomic mass is 19.1. The average Bonchev–Trinajstić information content (AvgIpc) is 2.86. The first kappa shape index (κ1) is 13.2. The normalized spacial score (nSPS) is 10.8. The summed E-state index contributed by atoms with van der Waals surface area (Å²) in [7, 11) is 3.32. The lowest BCUT2D eigenvalue weighted by atomic mass is 10.1. The molecule has 0 fully saturated rings. The summed E-state index contributed by atoms with van der Waals surface area (Å²) in [5.41, 5.74) is 1.81. The van der Waals surface area contributed by atoms with Gasteiger partial charge >= 0.3 is 0 Å². The summed E-state index contributed by atoms with van der Waals surface area (Å²) >= 11 is 0. The predicted octanol–water partition coefficient (Wildman–Crippen LogP) is 2.24. The van der Waals surface area contributed by atoms with Crippen LogP contribution in [0.2, 0.25) is 0 Å². The van der Waals surface area contributed by atoms with E-state index in [0.717, 1.165) is 0 Å². The Morgan fingerprint density at radius 1 is 1.33 bits per heavy atom. The quantitative estimate of drug-likeness (QED) is 0.725. The maximum atomic E-state index is 13.4. The van der Waals surface area contributed by atoms with Gasteiger partial charge in [-0.25, -0.2) is 9.37 Å². The molecule has 0 aliphatic rings. The molecule has 2 heterocycles. The van der Waals surface area contributed by atoms with E-state index in [4.69, 9.17) is 0 Å². The number of amides is 1. The molecule has 0 radical (unpaired) electrons. The third-order valence-electron chi connectivity index (χ3n) is 3.14. The van der Waals surface area contributed by atoms with E-state index in [0.29, 0.717) is 16.8 Å². The van der Waals surface area contributed by atoms with Crippen molar-refractivity contribution in [2.24, 2.45) is 0 Å². The van der Waals surface area contributed by atoms with Crippen molar-refractivity contribution in [1.29, 1.82) is 0 Å². The molecule has 0 aliphatic carbocycles. The maximum Gasteiger partial charge on any atom is 0.289 e. The lowest BCUT2D eigenvalue weighted by Crippen LogP contribution is -2.24. The van der Waals surface area contributed by atoms with Crippen LogP contribution in [0.5, 0.6) is 0 Å². The van der Waals surface area contributed by atoms with Crippen LogP contribution >= 0.6 is 0 Å². The number of aromatic nitrogens is 3. The van der Waals surface area contributed by atoms with Crippen molar-refractivity contribution >= 4 is 11.4 Å². The fourth-order valence-electron chi connectivity index (χ4n) is 2.14. The summed E-state index contributed by atoms with van der Waals surface area (Å²) in [6, 6.07) is 6.12. The van der Waals surface area contributed by atoms with Gasteiger partial charge in [0.2, 0.25) is 5.82 Å². The summed E-state index contributed by atoms with van der Waals surface area (Å²) in [5.74, 6) is -0.298. The smallest absolute Gasteiger partial charge is 0.289 e. The van der Waals surface area contributed by atoms with Gasteiger partial charge in [0, 0.05) is 32.1 Å². The van der Waals surface area contributed by atoms with Gasteiger partial charge in [0.05, 0.1) is 17.4 Å². The summed E-state index contributed by atoms with van der Waals surface area (Å²) < 4.78 is 15.1. The highest BCUT2D eigenvalue weighted by Crippen LogP contribution is 2.25. The molecular formula is C15H13FN4O. The van der Waals surface area contributed by atoms with Crippen LogP contribution in [0.4, 0.5) is 4.39 Å². The van der Waals surface area contributed by atoms with Crippen LogP contribution in [0.3, 0.4) is 0 Å². The Kier molecular flexibility index (Phi) is 3.13. The molecule has 2 aromatic heterocycles. The highest BCUT2D eigenvalue weighted by Gasteiger charge is 2.19. The first-order valence-corrected chi connectivity index (χ1v) is 6.37. The number of imidazole rings is 1. The number of halogens is 1. The van der Waals surface area contributed by atoms with Crippen LogP contribution in [-0.4, -0.2) is 39.3 Å². The van der Waals surface area contributed by atoms with Crippen molar-refractivity contribution in [2.45, 2.75) is 0 Å². The van der Waals surface area contributed by atoms with Crippen LogP contribution in [0, 0.1) is 5.82 Å². The van der Waals surface area contributed by atoms with Gasteiger partial charge in [0.15, 0.2) is 0 Å². The zero-order valence-electron chi connectivity index (χ0n) is 11.6. The molecule has 6 heteroatoms. The Labute approximate surface area is 120 Å². The fraction of sp³-hybridized carbons (Fsp3) is 0.133. The van der Waals surface area contributed by atoms with Crippen molar-refractivity contribution in [1.82, 2.24) is 19.3 Å². The number of hydrogen-bond donors (Lipinski definition) is 0. The van der Waals surface area contributed by atoms with E-state index in [1.165, 1.54) is 17.0 Å². The predicted molar refractivity (Wildman–Crippen MR) is 76.4 cm³/mol. The molecule has 0 spiro atoms. The Morgan fingerprint density at radius 3 is 2.86 bits per heavy atom. The maximum absolute atomic E-state index is 13.4. The number of benzene rings is 1. The number of hydrogen-bond acceptors (Lipinski definition) is 3. The van der Waals surface area contributed by atoms with Crippen LogP contribution in [0.15, 0.2) is 42.9 Å². The summed E-state index contributed by atoms with van der Waals surface area (Å²) in [6.45, 7) is 0. The number of carbonyl (C=O) groups excluding carboxylic acids is 1. The molecule has 5 nitrogen and oxygen atoms in total. The van der Waals surface area contributed by atoms with Crippen molar-refractivity contribution in [3.63, 3.8) is 0 Å². The van der Waals surface area contributed by atoms with Gasteiger partial charge in [-0.15, -0.1) is 0 Å². The van der Waals surface area contributed by atoms with Crippen molar-refractivity contribution in [3.05, 3.63) is 54.5 Å². The first-order valence-electron chi connectivity index (χ1n) is 6.37. The van der Waals surface area contributed by atoms with Gasteiger partial charge in [-0.3, -0.25) is 14.2 Å². The van der Waals surface area contributed by atoms with E-state index < -0.39 is 0 Å². The molecule has 0 unspecified atom stereocenters. The number of rotatable bonds is 2. The Morgan fingerprint density at radius 2 is 2.14 bits per heavy atom. The fourth-order valence-corrected chi connectivity index (χ4v) is 2.14. The van der Waals surface area contributed by atoms with E-state index in [2.05, 4.69) is 9.97 Å². The standard InChI is InChI=1S/C15H13FN4O/c1-19(2)15(21)14-18-13(10-4-3-5-11(16)8-10)12-9-17-6-7-20(12)14/h3-9H,1-2H3. The zero-order valence-corrected chi connectivity index (χ0v) is 11.6. The van der Waals surface area contributed by atoms with Gasteiger partial charge in [0.25, 0.3) is 5.91 Å². The van der Waals surface area contributed by atoms with E-state index in [1.54, 1.807) is 49.2 Å². The van der Waals surface area contributed by atoms with Crippen LogP contribution in [0.25, 0.3) is 16.8 Å². The monoisotopic (exact) mass is 284 g/mol. The molecule has 0 saturated carbocycles. The molecule has 21 heavy (non-hydrogen) atoms. The Bertz CT molecular complexity index is 825. The van der Waals surface area contributed by atoms with E-state index >= 15 is 0 Å². The lowest BCUT2D eigenvalue weighted by molar-refractivity contribution is 0.0815. The molecule has 1 amide bonds. The highest BCUT2D eigenvalue weighted by molar-refractivity contribution is 5.94. The summed E-state index contributed by atoms with van der Waals surface area (Å²) in [6.07, 6.45) is 4.86. The zero-order chi connectivity index (χ0) is 15.0. The topological polar surface area (TPSA) is 50.5 Å². The van der Waals surface area contributed by atoms with E-state index in [1.807, 2.05) is 0 Å². The molecule has 0 atom stereocenters. The second kappa shape index (κ2) is 4.97. The molecule has 3 rings (SSSR count). The third kappa shape index (κ3) is 2.24. The van der Waals surface area contributed by atoms with Crippen molar-refractivity contribution < 1.29 is 9.18 Å². The van der Waals surface area contributed by atoms with Crippen LogP contribution < -0.4 is 0 Å². The third-order valence-corrected chi connectivity index (χ3v) is 3.14. The molecule has 0 aliphatic heterocycles. The van der Waals surface area contributed by atoms with Crippen molar-refractivity contribution in [2.75, 3.05) is 14.1 Å². The van der Waals surface area contributed by atoms with Gasteiger partial charge in [0.1, 0.15) is 5.82 Å².